The van der Waals surface area contributed by atoms with E-state index in [9.17, 15) is 0 Å². The smallest absolute Gasteiger partial charge is 0.103 e. The summed E-state index contributed by atoms with van der Waals surface area (Å²) in [6.45, 7) is 0.643. The van der Waals surface area contributed by atoms with Gasteiger partial charge in [0.2, 0.25) is 0 Å². The molecule has 2 rings (SSSR count). The molecule has 1 aromatic rings. The summed E-state index contributed by atoms with van der Waals surface area (Å²) in [4.78, 5) is 4.56. The van der Waals surface area contributed by atoms with Gasteiger partial charge >= 0.3 is 0 Å². The van der Waals surface area contributed by atoms with Crippen molar-refractivity contribution in [2.24, 2.45) is 0 Å². The molecule has 90 valence electrons. The van der Waals surface area contributed by atoms with Gasteiger partial charge in [-0.2, -0.15) is 11.8 Å². The Morgan fingerprint density at radius 1 is 1.44 bits per heavy atom. The Morgan fingerprint density at radius 3 is 3.00 bits per heavy atom. The second kappa shape index (κ2) is 6.62. The normalized spacial score (nSPS) is 17.8. The van der Waals surface area contributed by atoms with Gasteiger partial charge in [0.25, 0.3) is 0 Å². The van der Waals surface area contributed by atoms with Gasteiger partial charge in [0.15, 0.2) is 0 Å². The van der Waals surface area contributed by atoms with Crippen LogP contribution in [0.2, 0.25) is 0 Å². The Morgan fingerprint density at radius 2 is 2.25 bits per heavy atom. The second-order valence-corrected chi connectivity index (χ2v) is 6.47. The van der Waals surface area contributed by atoms with Gasteiger partial charge in [-0.1, -0.05) is 19.3 Å². The molecule has 1 aliphatic carbocycles. The van der Waals surface area contributed by atoms with Crippen molar-refractivity contribution < 1.29 is 4.74 Å². The van der Waals surface area contributed by atoms with Gasteiger partial charge in [-0.15, -0.1) is 11.3 Å². The summed E-state index contributed by atoms with van der Waals surface area (Å²) in [5.41, 5.74) is 1.08. The Bertz CT molecular complexity index is 308. The number of methoxy groups -OCH3 is 1. The third-order valence-corrected chi connectivity index (χ3v) is 5.35. The highest BCUT2D eigenvalue weighted by Gasteiger charge is 2.14. The maximum absolute atomic E-state index is 5.07. The lowest BCUT2D eigenvalue weighted by Gasteiger charge is -2.20. The van der Waals surface area contributed by atoms with Crippen LogP contribution in [0.4, 0.5) is 0 Å². The number of thioether (sulfide) groups is 1. The molecule has 1 fully saturated rings. The minimum absolute atomic E-state index is 0.643. The molecular weight excluding hydrogens is 238 g/mol. The van der Waals surface area contributed by atoms with Crippen LogP contribution in [0.1, 0.15) is 42.8 Å². The number of ether oxygens (including phenoxy) is 1. The molecule has 1 heterocycles. The summed E-state index contributed by atoms with van der Waals surface area (Å²) in [5, 5.41) is 4.24. The maximum atomic E-state index is 5.07. The van der Waals surface area contributed by atoms with E-state index in [0.29, 0.717) is 6.61 Å². The van der Waals surface area contributed by atoms with E-state index in [4.69, 9.17) is 4.74 Å². The van der Waals surface area contributed by atoms with Crippen LogP contribution >= 0.6 is 23.1 Å². The number of hydrogen-bond acceptors (Lipinski definition) is 4. The number of thiazole rings is 1. The molecule has 0 atom stereocenters. The molecule has 1 aromatic heterocycles. The second-order valence-electron chi connectivity index (χ2n) is 4.24. The van der Waals surface area contributed by atoms with Gasteiger partial charge in [-0.05, 0) is 12.8 Å². The standard InChI is InChI=1S/C12H19NOS2/c1-14-7-10-8-16-12(13-10)9-15-11-5-3-2-4-6-11/h8,11H,2-7,9H2,1H3. The largest absolute Gasteiger partial charge is 0.378 e. The zero-order valence-electron chi connectivity index (χ0n) is 9.78. The Kier molecular flexibility index (Phi) is 5.13. The summed E-state index contributed by atoms with van der Waals surface area (Å²) in [6, 6.07) is 0. The SMILES string of the molecule is COCc1csc(CSC2CCCCC2)n1. The molecule has 0 amide bonds. The number of nitrogens with zero attached hydrogens (tertiary/aromatic N) is 1. The van der Waals surface area contributed by atoms with E-state index >= 15 is 0 Å². The van der Waals surface area contributed by atoms with Gasteiger partial charge in [0.1, 0.15) is 5.01 Å². The molecule has 4 heteroatoms. The average Bonchev–Trinajstić information content (AvgIpc) is 2.76. The van der Waals surface area contributed by atoms with Crippen molar-refractivity contribution in [2.45, 2.75) is 49.7 Å². The van der Waals surface area contributed by atoms with Gasteiger partial charge in [0.05, 0.1) is 12.3 Å². The first-order valence-corrected chi connectivity index (χ1v) is 7.85. The molecule has 0 N–H and O–H groups in total. The van der Waals surface area contributed by atoms with E-state index in [0.717, 1.165) is 16.7 Å². The van der Waals surface area contributed by atoms with E-state index in [1.165, 1.54) is 37.1 Å². The fraction of sp³-hybridized carbons (Fsp3) is 0.750. The Balaban J connectivity index is 1.75. The molecule has 2 nitrogen and oxygen atoms in total. The first-order chi connectivity index (χ1) is 7.88. The molecule has 0 aliphatic heterocycles. The van der Waals surface area contributed by atoms with Gasteiger partial charge in [-0.25, -0.2) is 4.98 Å². The predicted molar refractivity (Wildman–Crippen MR) is 71.0 cm³/mol. The van der Waals surface area contributed by atoms with Crippen molar-refractivity contribution in [2.75, 3.05) is 7.11 Å². The topological polar surface area (TPSA) is 22.1 Å². The van der Waals surface area contributed by atoms with Crippen LogP contribution in [0.25, 0.3) is 0 Å². The molecule has 0 saturated heterocycles. The van der Waals surface area contributed by atoms with Crippen molar-refractivity contribution in [1.29, 1.82) is 0 Å². The minimum atomic E-state index is 0.643. The van der Waals surface area contributed by atoms with Crippen LogP contribution in [-0.4, -0.2) is 17.3 Å². The predicted octanol–water partition coefficient (Wildman–Crippen LogP) is 3.86. The van der Waals surface area contributed by atoms with Crippen molar-refractivity contribution >= 4 is 23.1 Å². The highest BCUT2D eigenvalue weighted by molar-refractivity contribution is 7.99. The van der Waals surface area contributed by atoms with E-state index < -0.39 is 0 Å². The molecule has 0 radical (unpaired) electrons. The fourth-order valence-corrected chi connectivity index (χ4v) is 4.20. The third kappa shape index (κ3) is 3.75. The van der Waals surface area contributed by atoms with Crippen LogP contribution in [0.3, 0.4) is 0 Å². The summed E-state index contributed by atoms with van der Waals surface area (Å²) < 4.78 is 5.07. The Hall–Kier alpha value is -0.0600. The molecule has 0 bridgehead atoms. The van der Waals surface area contributed by atoms with Crippen molar-refractivity contribution in [3.8, 4) is 0 Å². The van der Waals surface area contributed by atoms with Crippen molar-refractivity contribution in [3.05, 3.63) is 16.1 Å². The molecule has 1 saturated carbocycles. The molecule has 0 spiro atoms. The Labute approximate surface area is 106 Å². The summed E-state index contributed by atoms with van der Waals surface area (Å²) in [7, 11) is 1.72. The number of aromatic nitrogens is 1. The molecular formula is C12H19NOS2. The molecule has 0 unspecified atom stereocenters. The van der Waals surface area contributed by atoms with Crippen LogP contribution in [0.15, 0.2) is 5.38 Å². The lowest BCUT2D eigenvalue weighted by molar-refractivity contribution is 0.182. The first-order valence-electron chi connectivity index (χ1n) is 5.92. The number of hydrogen-bond donors (Lipinski definition) is 0. The van der Waals surface area contributed by atoms with Crippen molar-refractivity contribution in [3.63, 3.8) is 0 Å². The first kappa shape index (κ1) is 12.4. The molecule has 1 aliphatic rings. The van der Waals surface area contributed by atoms with Gasteiger partial charge in [-0.3, -0.25) is 0 Å². The van der Waals surface area contributed by atoms with E-state index in [-0.39, 0.29) is 0 Å². The summed E-state index contributed by atoms with van der Waals surface area (Å²) in [5.74, 6) is 1.08. The highest BCUT2D eigenvalue weighted by Crippen LogP contribution is 2.31. The molecule has 16 heavy (non-hydrogen) atoms. The van der Waals surface area contributed by atoms with Gasteiger partial charge < -0.3 is 4.74 Å². The van der Waals surface area contributed by atoms with Crippen LogP contribution < -0.4 is 0 Å². The third-order valence-electron chi connectivity index (χ3n) is 2.89. The van der Waals surface area contributed by atoms with E-state index in [1.807, 2.05) is 0 Å². The lowest BCUT2D eigenvalue weighted by atomic mass is 10.0. The lowest BCUT2D eigenvalue weighted by Crippen LogP contribution is -2.08. The summed E-state index contributed by atoms with van der Waals surface area (Å²) in [6.07, 6.45) is 7.09. The highest BCUT2D eigenvalue weighted by atomic mass is 32.2. The van der Waals surface area contributed by atoms with Gasteiger partial charge in [0, 0.05) is 23.5 Å². The van der Waals surface area contributed by atoms with Crippen molar-refractivity contribution in [1.82, 2.24) is 4.98 Å². The maximum Gasteiger partial charge on any atom is 0.103 e. The average molecular weight is 257 g/mol. The fourth-order valence-electron chi connectivity index (χ4n) is 2.05. The van der Waals surface area contributed by atoms with Crippen LogP contribution in [-0.2, 0) is 17.1 Å². The van der Waals surface area contributed by atoms with E-state index in [2.05, 4.69) is 22.1 Å². The van der Waals surface area contributed by atoms with Crippen LogP contribution in [0.5, 0.6) is 0 Å². The minimum Gasteiger partial charge on any atom is -0.378 e. The summed E-state index contributed by atoms with van der Waals surface area (Å²) >= 11 is 3.86. The zero-order chi connectivity index (χ0) is 11.2. The van der Waals surface area contributed by atoms with E-state index in [1.54, 1.807) is 18.4 Å². The quantitative estimate of drug-likeness (QED) is 0.800. The zero-order valence-corrected chi connectivity index (χ0v) is 11.4. The van der Waals surface area contributed by atoms with Crippen LogP contribution in [0, 0.1) is 0 Å². The molecule has 0 aromatic carbocycles. The monoisotopic (exact) mass is 257 g/mol. The number of rotatable bonds is 5.